The molecule has 0 saturated carbocycles. The quantitative estimate of drug-likeness (QED) is 0.519. The molecule has 0 aromatic carbocycles. The van der Waals surface area contributed by atoms with Gasteiger partial charge in [-0.25, -0.2) is 0 Å². The fourth-order valence-electron chi connectivity index (χ4n) is 0.227. The molecule has 0 spiro atoms. The van der Waals surface area contributed by atoms with E-state index in [-0.39, 0.29) is 0 Å². The molecule has 1 aromatic rings. The first-order valence-electron chi connectivity index (χ1n) is 3.47. The van der Waals surface area contributed by atoms with Gasteiger partial charge in [-0.2, -0.15) is 11.3 Å². The van der Waals surface area contributed by atoms with Crippen molar-refractivity contribution >= 4 is 11.3 Å². The lowest BCUT2D eigenvalue weighted by atomic mass is 10.7. The molecule has 1 rings (SSSR count). The molecular weight excluding hydrogens is 128 g/mol. The third kappa shape index (κ3) is 11.3. The van der Waals surface area contributed by atoms with Crippen LogP contribution < -0.4 is 0 Å². The third-order valence-corrected chi connectivity index (χ3v) is 1.05. The van der Waals surface area contributed by atoms with Gasteiger partial charge in [0.05, 0.1) is 0 Å². The van der Waals surface area contributed by atoms with Crippen LogP contribution in [0, 0.1) is 0 Å². The fourth-order valence-corrected chi connectivity index (χ4v) is 0.680. The summed E-state index contributed by atoms with van der Waals surface area (Å²) in [7, 11) is 0. The maximum absolute atomic E-state index is 2.04. The van der Waals surface area contributed by atoms with Crippen molar-refractivity contribution in [1.29, 1.82) is 0 Å². The monoisotopic (exact) mass is 144 g/mol. The van der Waals surface area contributed by atoms with Gasteiger partial charge in [0.2, 0.25) is 0 Å². The van der Waals surface area contributed by atoms with Gasteiger partial charge in [-0.15, -0.1) is 0 Å². The molecule has 9 heavy (non-hydrogen) atoms. The van der Waals surface area contributed by atoms with Crippen molar-refractivity contribution in [3.63, 3.8) is 0 Å². The van der Waals surface area contributed by atoms with E-state index in [2.05, 4.69) is 0 Å². The Bertz CT molecular complexity index is 61.0. The summed E-state index contributed by atoms with van der Waals surface area (Å²) in [6, 6.07) is 4.04. The molecule has 0 aliphatic rings. The van der Waals surface area contributed by atoms with Crippen LogP contribution in [0.3, 0.4) is 0 Å². The van der Waals surface area contributed by atoms with E-state index in [1.165, 1.54) is 0 Å². The van der Waals surface area contributed by atoms with Gasteiger partial charge in [-0.05, 0) is 10.8 Å². The first-order valence-corrected chi connectivity index (χ1v) is 4.41. The Hall–Kier alpha value is -0.300. The number of hydrogen-bond donors (Lipinski definition) is 0. The van der Waals surface area contributed by atoms with E-state index in [1.807, 2.05) is 50.6 Å². The van der Waals surface area contributed by atoms with Crippen molar-refractivity contribution in [2.45, 2.75) is 27.7 Å². The van der Waals surface area contributed by atoms with Crippen molar-refractivity contribution in [2.75, 3.05) is 0 Å². The van der Waals surface area contributed by atoms with Crippen LogP contribution in [0.4, 0.5) is 0 Å². The molecule has 0 unspecified atom stereocenters. The van der Waals surface area contributed by atoms with Gasteiger partial charge in [0, 0.05) is 0 Å². The van der Waals surface area contributed by atoms with Crippen molar-refractivity contribution in [2.24, 2.45) is 0 Å². The molecular formula is C8H16S. The molecule has 0 amide bonds. The van der Waals surface area contributed by atoms with E-state index in [9.17, 15) is 0 Å². The molecule has 1 heterocycles. The lowest BCUT2D eigenvalue weighted by molar-refractivity contribution is 1.50. The summed E-state index contributed by atoms with van der Waals surface area (Å²) >= 11 is 1.71. The van der Waals surface area contributed by atoms with Gasteiger partial charge < -0.3 is 0 Å². The summed E-state index contributed by atoms with van der Waals surface area (Å²) in [6.45, 7) is 8.00. The summed E-state index contributed by atoms with van der Waals surface area (Å²) < 4.78 is 0. The Labute approximate surface area is 62.5 Å². The molecule has 0 N–H and O–H groups in total. The minimum Gasteiger partial charge on any atom is -0.152 e. The molecule has 0 bridgehead atoms. The SMILES string of the molecule is CC.CC.c1ccsc1. The van der Waals surface area contributed by atoms with Crippen LogP contribution in [0.2, 0.25) is 0 Å². The Morgan fingerprint density at radius 1 is 0.778 bits per heavy atom. The molecule has 0 nitrogen and oxygen atoms in total. The zero-order chi connectivity index (χ0) is 7.54. The van der Waals surface area contributed by atoms with Crippen LogP contribution in [0.5, 0.6) is 0 Å². The standard InChI is InChI=1S/C4H4S.2C2H6/c1-2-4-5-3-1;2*1-2/h1-4H;2*1-2H3. The predicted octanol–water partition coefficient (Wildman–Crippen LogP) is 3.80. The van der Waals surface area contributed by atoms with Crippen molar-refractivity contribution in [3.05, 3.63) is 22.9 Å². The molecule has 0 fully saturated rings. The molecule has 1 heteroatoms. The maximum Gasteiger partial charge on any atom is -0.00934 e. The molecule has 0 atom stereocenters. The van der Waals surface area contributed by atoms with Gasteiger partial charge in [-0.1, -0.05) is 39.8 Å². The number of rotatable bonds is 0. The Morgan fingerprint density at radius 3 is 1.22 bits per heavy atom. The van der Waals surface area contributed by atoms with Crippen LogP contribution in [-0.2, 0) is 0 Å². The predicted molar refractivity (Wildman–Crippen MR) is 47.0 cm³/mol. The van der Waals surface area contributed by atoms with E-state index >= 15 is 0 Å². The van der Waals surface area contributed by atoms with Crippen LogP contribution in [0.15, 0.2) is 22.9 Å². The lowest BCUT2D eigenvalue weighted by Crippen LogP contribution is -1.16. The fraction of sp³-hybridized carbons (Fsp3) is 0.500. The van der Waals surface area contributed by atoms with Crippen molar-refractivity contribution in [3.8, 4) is 0 Å². The van der Waals surface area contributed by atoms with Gasteiger partial charge in [0.15, 0.2) is 0 Å². The van der Waals surface area contributed by atoms with Gasteiger partial charge in [0.1, 0.15) is 0 Å². The van der Waals surface area contributed by atoms with E-state index in [0.29, 0.717) is 0 Å². The minimum absolute atomic E-state index is 1.71. The average molecular weight is 144 g/mol. The Balaban J connectivity index is 0. The molecule has 0 aliphatic carbocycles. The maximum atomic E-state index is 2.04. The highest BCUT2D eigenvalue weighted by Crippen LogP contribution is 1.91. The summed E-state index contributed by atoms with van der Waals surface area (Å²) in [5, 5.41) is 4.08. The minimum atomic E-state index is 1.71. The smallest absolute Gasteiger partial charge is 0.00934 e. The first kappa shape index (κ1) is 11.5. The van der Waals surface area contributed by atoms with E-state index in [0.717, 1.165) is 0 Å². The zero-order valence-corrected chi connectivity index (χ0v) is 7.53. The van der Waals surface area contributed by atoms with Crippen LogP contribution in [0.25, 0.3) is 0 Å². The normalized spacial score (nSPS) is 5.78. The average Bonchev–Trinajstić information content (AvgIpc) is 2.51. The van der Waals surface area contributed by atoms with E-state index in [1.54, 1.807) is 11.3 Å². The highest BCUT2D eigenvalue weighted by molar-refractivity contribution is 7.07. The van der Waals surface area contributed by atoms with Crippen molar-refractivity contribution < 1.29 is 0 Å². The second kappa shape index (κ2) is 15.6. The van der Waals surface area contributed by atoms with Gasteiger partial charge in [0.25, 0.3) is 0 Å². The topological polar surface area (TPSA) is 0 Å². The van der Waals surface area contributed by atoms with Crippen LogP contribution in [-0.4, -0.2) is 0 Å². The molecule has 0 saturated heterocycles. The third-order valence-electron chi connectivity index (χ3n) is 0.425. The number of thiophene rings is 1. The van der Waals surface area contributed by atoms with Crippen LogP contribution >= 0.6 is 11.3 Å². The van der Waals surface area contributed by atoms with E-state index < -0.39 is 0 Å². The molecule has 1 aromatic heterocycles. The summed E-state index contributed by atoms with van der Waals surface area (Å²) in [5.74, 6) is 0. The largest absolute Gasteiger partial charge is 0.152 e. The van der Waals surface area contributed by atoms with Gasteiger partial charge in [-0.3, -0.25) is 0 Å². The number of hydrogen-bond acceptors (Lipinski definition) is 1. The second-order valence-corrected chi connectivity index (χ2v) is 1.61. The van der Waals surface area contributed by atoms with Crippen LogP contribution in [0.1, 0.15) is 27.7 Å². The van der Waals surface area contributed by atoms with Crippen molar-refractivity contribution in [1.82, 2.24) is 0 Å². The molecule has 0 radical (unpaired) electrons. The Morgan fingerprint density at radius 2 is 1.11 bits per heavy atom. The lowest BCUT2D eigenvalue weighted by Gasteiger charge is -1.39. The van der Waals surface area contributed by atoms with E-state index in [4.69, 9.17) is 0 Å². The summed E-state index contributed by atoms with van der Waals surface area (Å²) in [4.78, 5) is 0. The first-order chi connectivity index (χ1) is 4.50. The summed E-state index contributed by atoms with van der Waals surface area (Å²) in [5.41, 5.74) is 0. The highest BCUT2D eigenvalue weighted by atomic mass is 32.1. The summed E-state index contributed by atoms with van der Waals surface area (Å²) in [6.07, 6.45) is 0. The molecule has 54 valence electrons. The highest BCUT2D eigenvalue weighted by Gasteiger charge is 1.58. The molecule has 0 aliphatic heterocycles. The zero-order valence-electron chi connectivity index (χ0n) is 6.72. The van der Waals surface area contributed by atoms with Gasteiger partial charge >= 0.3 is 0 Å². The Kier molecular flexibility index (Phi) is 20.0. The second-order valence-electron chi connectivity index (χ2n) is 0.793.